The topological polar surface area (TPSA) is 61.8 Å². The summed E-state index contributed by atoms with van der Waals surface area (Å²) in [6, 6.07) is 0. The zero-order valence-corrected chi connectivity index (χ0v) is 12.1. The van der Waals surface area contributed by atoms with Crippen molar-refractivity contribution in [3.63, 3.8) is 0 Å². The van der Waals surface area contributed by atoms with Gasteiger partial charge in [-0.2, -0.15) is 8.42 Å². The Hall–Kier alpha value is -0.170. The minimum atomic E-state index is -3.31. The first-order chi connectivity index (χ1) is 8.47. The molecule has 1 rings (SSSR count). The SMILES string of the molecule is C[C@@H](CCOC1CCCCO1)CCOS(C)(=O)=O. The highest BCUT2D eigenvalue weighted by atomic mass is 32.2. The first-order valence-electron chi connectivity index (χ1n) is 6.55. The normalized spacial score (nSPS) is 22.9. The van der Waals surface area contributed by atoms with Crippen LogP contribution in [0.15, 0.2) is 0 Å². The van der Waals surface area contributed by atoms with E-state index in [2.05, 4.69) is 6.92 Å². The Morgan fingerprint density at radius 3 is 2.61 bits per heavy atom. The van der Waals surface area contributed by atoms with E-state index in [1.807, 2.05) is 0 Å². The Kier molecular flexibility index (Phi) is 7.14. The third-order valence-electron chi connectivity index (χ3n) is 2.96. The van der Waals surface area contributed by atoms with Crippen molar-refractivity contribution in [2.45, 2.75) is 45.3 Å². The van der Waals surface area contributed by atoms with Crippen molar-refractivity contribution in [3.8, 4) is 0 Å². The molecule has 0 aromatic rings. The zero-order valence-electron chi connectivity index (χ0n) is 11.3. The Balaban J connectivity index is 2.00. The van der Waals surface area contributed by atoms with Gasteiger partial charge in [-0.15, -0.1) is 0 Å². The van der Waals surface area contributed by atoms with Crippen molar-refractivity contribution < 1.29 is 22.1 Å². The summed E-state index contributed by atoms with van der Waals surface area (Å²) in [7, 11) is -3.31. The summed E-state index contributed by atoms with van der Waals surface area (Å²) >= 11 is 0. The lowest BCUT2D eigenvalue weighted by Crippen LogP contribution is -2.23. The zero-order chi connectivity index (χ0) is 13.4. The van der Waals surface area contributed by atoms with E-state index in [1.54, 1.807) is 0 Å². The van der Waals surface area contributed by atoms with E-state index < -0.39 is 10.1 Å². The van der Waals surface area contributed by atoms with Crippen LogP contribution in [0.3, 0.4) is 0 Å². The molecule has 108 valence electrons. The summed E-state index contributed by atoms with van der Waals surface area (Å²) < 4.78 is 37.3. The van der Waals surface area contributed by atoms with Crippen LogP contribution in [0.25, 0.3) is 0 Å². The van der Waals surface area contributed by atoms with Gasteiger partial charge in [0.05, 0.1) is 12.9 Å². The molecule has 1 aliphatic heterocycles. The number of rotatable bonds is 8. The maximum Gasteiger partial charge on any atom is 0.264 e. The molecule has 1 saturated heterocycles. The lowest BCUT2D eigenvalue weighted by molar-refractivity contribution is -0.164. The molecule has 0 aromatic carbocycles. The molecule has 1 heterocycles. The minimum Gasteiger partial charge on any atom is -0.353 e. The summed E-state index contributed by atoms with van der Waals surface area (Å²) in [5.74, 6) is 0.385. The molecule has 0 aromatic heterocycles. The van der Waals surface area contributed by atoms with E-state index in [0.717, 1.165) is 38.5 Å². The molecule has 0 amide bonds. The van der Waals surface area contributed by atoms with Gasteiger partial charge in [-0.25, -0.2) is 0 Å². The number of hydrogen-bond donors (Lipinski definition) is 0. The highest BCUT2D eigenvalue weighted by Crippen LogP contribution is 2.15. The average molecular weight is 280 g/mol. The average Bonchev–Trinajstić information content (AvgIpc) is 2.28. The van der Waals surface area contributed by atoms with Crippen LogP contribution in [0.5, 0.6) is 0 Å². The van der Waals surface area contributed by atoms with Gasteiger partial charge < -0.3 is 9.47 Å². The minimum absolute atomic E-state index is 0.0433. The van der Waals surface area contributed by atoms with Crippen LogP contribution in [-0.2, 0) is 23.8 Å². The maximum atomic E-state index is 10.8. The van der Waals surface area contributed by atoms with Crippen molar-refractivity contribution in [1.29, 1.82) is 0 Å². The molecule has 6 heteroatoms. The molecule has 5 nitrogen and oxygen atoms in total. The molecule has 0 bridgehead atoms. The molecule has 0 radical (unpaired) electrons. The summed E-state index contributed by atoms with van der Waals surface area (Å²) in [6.45, 7) is 3.77. The van der Waals surface area contributed by atoms with E-state index >= 15 is 0 Å². The molecular formula is C12H24O5S. The number of hydrogen-bond acceptors (Lipinski definition) is 5. The van der Waals surface area contributed by atoms with E-state index in [0.29, 0.717) is 12.5 Å². The summed E-state index contributed by atoms with van der Waals surface area (Å²) in [4.78, 5) is 0. The van der Waals surface area contributed by atoms with Gasteiger partial charge in [0.1, 0.15) is 0 Å². The van der Waals surface area contributed by atoms with E-state index in [4.69, 9.17) is 13.7 Å². The second-order valence-corrected chi connectivity index (χ2v) is 6.52. The second-order valence-electron chi connectivity index (χ2n) is 4.88. The molecule has 0 spiro atoms. The fraction of sp³-hybridized carbons (Fsp3) is 1.00. The third-order valence-corrected chi connectivity index (χ3v) is 3.56. The van der Waals surface area contributed by atoms with Crippen molar-refractivity contribution in [1.82, 2.24) is 0 Å². The smallest absolute Gasteiger partial charge is 0.264 e. The quantitative estimate of drug-likeness (QED) is 0.636. The van der Waals surface area contributed by atoms with Gasteiger partial charge in [0.25, 0.3) is 10.1 Å². The lowest BCUT2D eigenvalue weighted by atomic mass is 10.1. The van der Waals surface area contributed by atoms with Crippen molar-refractivity contribution in [2.24, 2.45) is 5.92 Å². The van der Waals surface area contributed by atoms with Crippen molar-refractivity contribution in [3.05, 3.63) is 0 Å². The summed E-state index contributed by atoms with van der Waals surface area (Å²) in [5.41, 5.74) is 0. The van der Waals surface area contributed by atoms with Crippen LogP contribution >= 0.6 is 0 Å². The fourth-order valence-electron chi connectivity index (χ4n) is 1.79. The van der Waals surface area contributed by atoms with Crippen molar-refractivity contribution >= 4 is 10.1 Å². The highest BCUT2D eigenvalue weighted by Gasteiger charge is 2.14. The van der Waals surface area contributed by atoms with E-state index in [-0.39, 0.29) is 12.9 Å². The largest absolute Gasteiger partial charge is 0.353 e. The van der Waals surface area contributed by atoms with Gasteiger partial charge in [-0.05, 0) is 38.0 Å². The van der Waals surface area contributed by atoms with Crippen LogP contribution in [0.4, 0.5) is 0 Å². The first-order valence-corrected chi connectivity index (χ1v) is 8.36. The van der Waals surface area contributed by atoms with Gasteiger partial charge in [0, 0.05) is 13.2 Å². The highest BCUT2D eigenvalue weighted by molar-refractivity contribution is 7.85. The molecule has 2 atom stereocenters. The van der Waals surface area contributed by atoms with Crippen LogP contribution in [0.1, 0.15) is 39.0 Å². The van der Waals surface area contributed by atoms with Gasteiger partial charge in [0.15, 0.2) is 6.29 Å². The predicted octanol–water partition coefficient (Wildman–Crippen LogP) is 1.92. The Labute approximate surface area is 110 Å². The van der Waals surface area contributed by atoms with Crippen LogP contribution in [0, 0.1) is 5.92 Å². The Bertz CT molecular complexity index is 308. The molecule has 0 aliphatic carbocycles. The standard InChI is InChI=1S/C12H24O5S/c1-11(7-10-17-18(2,13)14)6-9-16-12-5-3-4-8-15-12/h11-12H,3-10H2,1-2H3/t11-,12?/m0/s1. The summed E-state index contributed by atoms with van der Waals surface area (Å²) in [5, 5.41) is 0. The predicted molar refractivity (Wildman–Crippen MR) is 68.7 cm³/mol. The Morgan fingerprint density at radius 1 is 1.28 bits per heavy atom. The lowest BCUT2D eigenvalue weighted by Gasteiger charge is -2.23. The van der Waals surface area contributed by atoms with Gasteiger partial charge in [-0.1, -0.05) is 6.92 Å². The van der Waals surface area contributed by atoms with Gasteiger partial charge >= 0.3 is 0 Å². The van der Waals surface area contributed by atoms with E-state index in [1.165, 1.54) is 6.42 Å². The molecule has 0 N–H and O–H groups in total. The molecule has 1 aliphatic rings. The van der Waals surface area contributed by atoms with Crippen LogP contribution in [0.2, 0.25) is 0 Å². The second kappa shape index (κ2) is 8.09. The molecular weight excluding hydrogens is 256 g/mol. The van der Waals surface area contributed by atoms with Crippen LogP contribution in [-0.4, -0.2) is 40.8 Å². The van der Waals surface area contributed by atoms with Crippen molar-refractivity contribution in [2.75, 3.05) is 26.1 Å². The molecule has 1 fully saturated rings. The maximum absolute atomic E-state index is 10.8. The number of ether oxygens (including phenoxy) is 2. The fourth-order valence-corrected chi connectivity index (χ4v) is 2.19. The van der Waals surface area contributed by atoms with Gasteiger partial charge in [0.2, 0.25) is 0 Å². The molecule has 0 saturated carbocycles. The third kappa shape index (κ3) is 8.02. The Morgan fingerprint density at radius 2 is 2.00 bits per heavy atom. The molecule has 1 unspecified atom stereocenters. The first kappa shape index (κ1) is 15.9. The summed E-state index contributed by atoms with van der Waals surface area (Å²) in [6.07, 6.45) is 5.92. The van der Waals surface area contributed by atoms with Gasteiger partial charge in [-0.3, -0.25) is 4.18 Å². The van der Waals surface area contributed by atoms with E-state index in [9.17, 15) is 8.42 Å². The van der Waals surface area contributed by atoms with Crippen LogP contribution < -0.4 is 0 Å². The molecule has 18 heavy (non-hydrogen) atoms. The monoisotopic (exact) mass is 280 g/mol.